The summed E-state index contributed by atoms with van der Waals surface area (Å²) < 4.78 is 10.6. The minimum absolute atomic E-state index is 0.101. The molecule has 2 rings (SSSR count). The summed E-state index contributed by atoms with van der Waals surface area (Å²) in [6, 6.07) is 0. The smallest absolute Gasteiger partial charge is 0.425 e. The molecule has 2 heterocycles. The molecule has 0 bridgehead atoms. The summed E-state index contributed by atoms with van der Waals surface area (Å²) >= 11 is 5.89. The molecular weight excluding hydrogens is 350 g/mol. The van der Waals surface area contributed by atoms with Crippen LogP contribution in [0.25, 0.3) is 11.2 Å². The molecule has 0 saturated heterocycles. The molecule has 0 fully saturated rings. The molecule has 0 radical (unpaired) electrons. The Bertz CT molecular complexity index is 778. The minimum atomic E-state index is -0.951. The van der Waals surface area contributed by atoms with Crippen LogP contribution in [0.2, 0.25) is 5.28 Å². The van der Waals surface area contributed by atoms with Crippen molar-refractivity contribution in [1.82, 2.24) is 19.9 Å². The second kappa shape index (κ2) is 6.47. The number of imidazole rings is 1. The Kier molecular flexibility index (Phi) is 4.90. The van der Waals surface area contributed by atoms with Gasteiger partial charge >= 0.3 is 12.2 Å². The summed E-state index contributed by atoms with van der Waals surface area (Å²) in [5.41, 5.74) is -1.21. The van der Waals surface area contributed by atoms with Gasteiger partial charge in [-0.1, -0.05) is 0 Å². The lowest BCUT2D eigenvalue weighted by Crippen LogP contribution is -2.44. The summed E-state index contributed by atoms with van der Waals surface area (Å²) in [6.07, 6.45) is -0.554. The van der Waals surface area contributed by atoms with E-state index in [-0.39, 0.29) is 22.3 Å². The highest BCUT2D eigenvalue weighted by atomic mass is 35.5. The molecule has 2 amide bonds. The Morgan fingerprint density at radius 1 is 1.04 bits per heavy atom. The van der Waals surface area contributed by atoms with E-state index in [1.165, 1.54) is 6.33 Å². The number of carbonyl (C=O) groups excluding carboxylic acids is 2. The highest BCUT2D eigenvalue weighted by molar-refractivity contribution is 6.29. The first-order valence-electron chi connectivity index (χ1n) is 7.50. The average Bonchev–Trinajstić information content (AvgIpc) is 2.82. The summed E-state index contributed by atoms with van der Waals surface area (Å²) in [5, 5.41) is -0.174. The quantitative estimate of drug-likeness (QED) is 0.763. The van der Waals surface area contributed by atoms with Gasteiger partial charge in [-0.25, -0.2) is 14.6 Å². The molecule has 0 unspecified atom stereocenters. The SMILES string of the molecule is CC(C)(C)OC(=O)N(C(=O)OC(C)(C)C)c1nc(Cl)nc2nc[nH]c12. The number of aromatic amines is 1. The molecule has 10 heteroatoms. The van der Waals surface area contributed by atoms with Crippen LogP contribution in [0.4, 0.5) is 15.4 Å². The number of amides is 2. The van der Waals surface area contributed by atoms with E-state index in [1.54, 1.807) is 41.5 Å². The van der Waals surface area contributed by atoms with Crippen molar-refractivity contribution < 1.29 is 19.1 Å². The Morgan fingerprint density at radius 2 is 1.56 bits per heavy atom. The number of nitrogens with zero attached hydrogens (tertiary/aromatic N) is 4. The summed E-state index contributed by atoms with van der Waals surface area (Å²) in [6.45, 7) is 10.1. The first-order valence-corrected chi connectivity index (χ1v) is 7.88. The topological polar surface area (TPSA) is 110 Å². The van der Waals surface area contributed by atoms with Crippen LogP contribution in [0.1, 0.15) is 41.5 Å². The zero-order valence-electron chi connectivity index (χ0n) is 14.9. The maximum Gasteiger partial charge on any atom is 0.425 e. The van der Waals surface area contributed by atoms with Crippen molar-refractivity contribution in [3.05, 3.63) is 11.6 Å². The molecule has 2 aromatic rings. The number of nitrogens with one attached hydrogen (secondary N) is 1. The lowest BCUT2D eigenvalue weighted by molar-refractivity contribution is 0.0429. The molecule has 0 spiro atoms. The second-order valence-corrected chi connectivity index (χ2v) is 7.55. The molecule has 0 saturated carbocycles. The zero-order valence-corrected chi connectivity index (χ0v) is 15.6. The first kappa shape index (κ1) is 18.9. The molecule has 0 aromatic carbocycles. The molecule has 0 atom stereocenters. The van der Waals surface area contributed by atoms with E-state index in [4.69, 9.17) is 21.1 Å². The Labute approximate surface area is 149 Å². The molecule has 2 aromatic heterocycles. The van der Waals surface area contributed by atoms with Crippen LogP contribution in [-0.2, 0) is 9.47 Å². The van der Waals surface area contributed by atoms with Crippen molar-refractivity contribution in [1.29, 1.82) is 0 Å². The minimum Gasteiger partial charge on any atom is -0.443 e. The number of anilines is 1. The van der Waals surface area contributed by atoms with Gasteiger partial charge in [-0.3, -0.25) is 0 Å². The monoisotopic (exact) mass is 369 g/mol. The van der Waals surface area contributed by atoms with Crippen molar-refractivity contribution in [2.75, 3.05) is 4.90 Å². The van der Waals surface area contributed by atoms with E-state index in [2.05, 4.69) is 19.9 Å². The van der Waals surface area contributed by atoms with Gasteiger partial charge in [0, 0.05) is 0 Å². The number of H-pyrrole nitrogens is 1. The number of fused-ring (bicyclic) bond motifs is 1. The Balaban J connectivity index is 2.55. The fraction of sp³-hybridized carbons (Fsp3) is 0.533. The fourth-order valence-corrected chi connectivity index (χ4v) is 1.98. The largest absolute Gasteiger partial charge is 0.443 e. The molecular formula is C15H20ClN5O4. The third-order valence-electron chi connectivity index (χ3n) is 2.60. The number of rotatable bonds is 1. The summed E-state index contributed by atoms with van der Waals surface area (Å²) in [5.74, 6) is -0.101. The van der Waals surface area contributed by atoms with E-state index in [9.17, 15) is 9.59 Å². The van der Waals surface area contributed by atoms with Gasteiger partial charge in [0.15, 0.2) is 11.5 Å². The van der Waals surface area contributed by atoms with Gasteiger partial charge in [0.05, 0.1) is 6.33 Å². The molecule has 9 nitrogen and oxygen atoms in total. The van der Waals surface area contributed by atoms with Gasteiger partial charge in [-0.15, -0.1) is 0 Å². The predicted molar refractivity (Wildman–Crippen MR) is 91.6 cm³/mol. The Hall–Kier alpha value is -2.42. The van der Waals surface area contributed by atoms with Gasteiger partial charge < -0.3 is 14.5 Å². The van der Waals surface area contributed by atoms with E-state index in [1.807, 2.05) is 0 Å². The molecule has 25 heavy (non-hydrogen) atoms. The summed E-state index contributed by atoms with van der Waals surface area (Å²) in [4.78, 5) is 40.6. The fourth-order valence-electron chi connectivity index (χ4n) is 1.82. The normalized spacial score (nSPS) is 12.1. The first-order chi connectivity index (χ1) is 11.4. The van der Waals surface area contributed by atoms with E-state index < -0.39 is 23.4 Å². The van der Waals surface area contributed by atoms with Crippen LogP contribution in [0.15, 0.2) is 6.33 Å². The van der Waals surface area contributed by atoms with Gasteiger partial charge in [-0.2, -0.15) is 14.9 Å². The maximum atomic E-state index is 12.6. The van der Waals surface area contributed by atoms with Gasteiger partial charge in [-0.05, 0) is 53.1 Å². The number of hydrogen-bond acceptors (Lipinski definition) is 7. The van der Waals surface area contributed by atoms with Crippen LogP contribution in [0.3, 0.4) is 0 Å². The average molecular weight is 370 g/mol. The zero-order chi connectivity index (χ0) is 19.0. The molecule has 0 aliphatic rings. The molecule has 136 valence electrons. The highest BCUT2D eigenvalue weighted by Crippen LogP contribution is 2.26. The van der Waals surface area contributed by atoms with Crippen LogP contribution in [0.5, 0.6) is 0 Å². The summed E-state index contributed by atoms with van der Waals surface area (Å²) in [7, 11) is 0. The molecule has 0 aliphatic heterocycles. The number of carbonyl (C=O) groups is 2. The van der Waals surface area contributed by atoms with Crippen molar-refractivity contribution in [3.8, 4) is 0 Å². The maximum absolute atomic E-state index is 12.6. The third kappa shape index (κ3) is 4.79. The standard InChI is InChI=1S/C15H20ClN5O4/c1-14(2,3)24-12(22)21(13(23)25-15(4,5)6)10-8-9(18-7-17-8)19-11(16)20-10/h7H,1-6H3,(H,17,18,19,20). The second-order valence-electron chi connectivity index (χ2n) is 7.21. The van der Waals surface area contributed by atoms with Crippen LogP contribution >= 0.6 is 11.6 Å². The van der Waals surface area contributed by atoms with E-state index >= 15 is 0 Å². The van der Waals surface area contributed by atoms with Crippen LogP contribution in [0, 0.1) is 0 Å². The van der Waals surface area contributed by atoms with Crippen molar-refractivity contribution in [2.24, 2.45) is 0 Å². The van der Waals surface area contributed by atoms with Gasteiger partial charge in [0.2, 0.25) is 5.28 Å². The lowest BCUT2D eigenvalue weighted by Gasteiger charge is -2.28. The van der Waals surface area contributed by atoms with Crippen molar-refractivity contribution >= 4 is 40.8 Å². The number of halogens is 1. The predicted octanol–water partition coefficient (Wildman–Crippen LogP) is 3.68. The van der Waals surface area contributed by atoms with Crippen LogP contribution in [-0.4, -0.2) is 43.3 Å². The highest BCUT2D eigenvalue weighted by Gasteiger charge is 2.35. The Morgan fingerprint density at radius 3 is 2.04 bits per heavy atom. The van der Waals surface area contributed by atoms with Gasteiger partial charge in [0.1, 0.15) is 16.7 Å². The third-order valence-corrected chi connectivity index (χ3v) is 2.77. The lowest BCUT2D eigenvalue weighted by atomic mass is 10.2. The molecule has 1 N–H and O–H groups in total. The van der Waals surface area contributed by atoms with Crippen molar-refractivity contribution in [2.45, 2.75) is 52.7 Å². The number of aromatic nitrogens is 4. The van der Waals surface area contributed by atoms with Crippen molar-refractivity contribution in [3.63, 3.8) is 0 Å². The van der Waals surface area contributed by atoms with E-state index in [0.717, 1.165) is 0 Å². The van der Waals surface area contributed by atoms with E-state index in [0.29, 0.717) is 4.90 Å². The number of hydrogen-bond donors (Lipinski definition) is 1. The number of imide groups is 1. The molecule has 0 aliphatic carbocycles. The van der Waals surface area contributed by atoms with Gasteiger partial charge in [0.25, 0.3) is 0 Å². The number of ether oxygens (including phenoxy) is 2. The van der Waals surface area contributed by atoms with Crippen LogP contribution < -0.4 is 4.90 Å².